The molecule has 21 heavy (non-hydrogen) atoms. The molecule has 0 saturated carbocycles. The maximum atomic E-state index is 10.4. The van der Waals surface area contributed by atoms with E-state index in [1.165, 1.54) is 5.56 Å². The molecule has 4 heteroatoms. The molecule has 1 aliphatic heterocycles. The highest BCUT2D eigenvalue weighted by molar-refractivity contribution is 5.50. The van der Waals surface area contributed by atoms with Gasteiger partial charge in [0.15, 0.2) is 0 Å². The first-order valence-electron chi connectivity index (χ1n) is 7.52. The van der Waals surface area contributed by atoms with E-state index in [4.69, 9.17) is 0 Å². The number of fused-ring (bicyclic) bond motifs is 1. The largest absolute Gasteiger partial charge is 0.387 e. The highest BCUT2D eigenvalue weighted by Crippen LogP contribution is 2.30. The zero-order chi connectivity index (χ0) is 14.8. The van der Waals surface area contributed by atoms with Gasteiger partial charge in [-0.3, -0.25) is 0 Å². The predicted octanol–water partition coefficient (Wildman–Crippen LogP) is 2.79. The quantitative estimate of drug-likeness (QED) is 0.941. The topological polar surface area (TPSA) is 49.2 Å². The van der Waals surface area contributed by atoms with Gasteiger partial charge >= 0.3 is 0 Å². The first kappa shape index (κ1) is 14.0. The van der Waals surface area contributed by atoms with Crippen LogP contribution >= 0.6 is 0 Å². The van der Waals surface area contributed by atoms with Gasteiger partial charge in [0.25, 0.3) is 0 Å². The van der Waals surface area contributed by atoms with Crippen molar-refractivity contribution >= 4 is 5.82 Å². The summed E-state index contributed by atoms with van der Waals surface area (Å²) in [7, 11) is 0. The van der Waals surface area contributed by atoms with E-state index in [0.717, 1.165) is 42.2 Å². The normalized spacial score (nSPS) is 17.7. The van der Waals surface area contributed by atoms with Crippen molar-refractivity contribution in [3.05, 3.63) is 53.0 Å². The molecular formula is C17H21N3O. The van der Waals surface area contributed by atoms with Crippen LogP contribution in [0, 0.1) is 6.92 Å². The molecule has 0 bridgehead atoms. The molecule has 1 aromatic carbocycles. The summed E-state index contributed by atoms with van der Waals surface area (Å²) in [6.45, 7) is 5.45. The summed E-state index contributed by atoms with van der Waals surface area (Å²) in [4.78, 5) is 11.1. The maximum Gasteiger partial charge on any atom is 0.135 e. The van der Waals surface area contributed by atoms with Gasteiger partial charge < -0.3 is 10.0 Å². The van der Waals surface area contributed by atoms with Crippen LogP contribution in [-0.2, 0) is 13.0 Å². The zero-order valence-corrected chi connectivity index (χ0v) is 12.6. The summed E-state index contributed by atoms with van der Waals surface area (Å²) >= 11 is 0. The molecule has 1 N–H and O–H groups in total. The molecule has 2 aromatic rings. The van der Waals surface area contributed by atoms with Crippen molar-refractivity contribution in [1.82, 2.24) is 9.97 Å². The Labute approximate surface area is 125 Å². The fourth-order valence-electron chi connectivity index (χ4n) is 2.94. The average molecular weight is 283 g/mol. The second kappa shape index (κ2) is 5.82. The lowest BCUT2D eigenvalue weighted by Gasteiger charge is -2.34. The molecule has 3 rings (SSSR count). The monoisotopic (exact) mass is 283 g/mol. The molecule has 4 nitrogen and oxygen atoms in total. The highest BCUT2D eigenvalue weighted by Gasteiger charge is 2.25. The zero-order valence-electron chi connectivity index (χ0n) is 12.6. The maximum absolute atomic E-state index is 10.4. The number of aryl methyl sites for hydroxylation is 2. The Morgan fingerprint density at radius 1 is 1.33 bits per heavy atom. The van der Waals surface area contributed by atoms with Gasteiger partial charge in [-0.05, 0) is 24.5 Å². The summed E-state index contributed by atoms with van der Waals surface area (Å²) in [5, 5.41) is 10.4. The molecule has 0 amide bonds. The van der Waals surface area contributed by atoms with Crippen LogP contribution < -0.4 is 4.90 Å². The standard InChI is InChI=1S/C17H21N3O/c1-3-6-13-9-18-12(2)19-17(13)20-10-14-7-4-5-8-15(14)16(21)11-20/h4-5,7-9,16,21H,3,6,10-11H2,1-2H3/t16-/m0/s1. The molecule has 110 valence electrons. The minimum atomic E-state index is -0.459. The van der Waals surface area contributed by atoms with Crippen molar-refractivity contribution in [2.45, 2.75) is 39.3 Å². The SMILES string of the molecule is CCCc1cnc(C)nc1N1Cc2ccccc2[C@@H](O)C1. The van der Waals surface area contributed by atoms with E-state index in [1.807, 2.05) is 31.3 Å². The first-order chi connectivity index (χ1) is 10.2. The fraction of sp³-hybridized carbons (Fsp3) is 0.412. The minimum absolute atomic E-state index is 0.459. The van der Waals surface area contributed by atoms with Crippen LogP contribution in [0.4, 0.5) is 5.82 Å². The van der Waals surface area contributed by atoms with Gasteiger partial charge in [0.1, 0.15) is 11.6 Å². The third-order valence-electron chi connectivity index (χ3n) is 3.95. The van der Waals surface area contributed by atoms with Gasteiger partial charge in [0, 0.05) is 24.8 Å². The van der Waals surface area contributed by atoms with Crippen molar-refractivity contribution in [1.29, 1.82) is 0 Å². The molecular weight excluding hydrogens is 262 g/mol. The Morgan fingerprint density at radius 3 is 2.95 bits per heavy atom. The summed E-state index contributed by atoms with van der Waals surface area (Å²) < 4.78 is 0. The lowest BCUT2D eigenvalue weighted by molar-refractivity contribution is 0.175. The number of aromatic nitrogens is 2. The van der Waals surface area contributed by atoms with Crippen molar-refractivity contribution in [2.75, 3.05) is 11.4 Å². The van der Waals surface area contributed by atoms with Crippen LogP contribution in [0.25, 0.3) is 0 Å². The van der Waals surface area contributed by atoms with E-state index in [1.54, 1.807) is 0 Å². The summed E-state index contributed by atoms with van der Waals surface area (Å²) in [6, 6.07) is 8.09. The van der Waals surface area contributed by atoms with Gasteiger partial charge in [-0.2, -0.15) is 0 Å². The number of rotatable bonds is 3. The molecule has 0 saturated heterocycles. The Balaban J connectivity index is 1.97. The molecule has 1 aliphatic rings. The van der Waals surface area contributed by atoms with Crippen LogP contribution in [0.2, 0.25) is 0 Å². The van der Waals surface area contributed by atoms with Crippen molar-refractivity contribution in [3.8, 4) is 0 Å². The van der Waals surface area contributed by atoms with Crippen LogP contribution in [0.15, 0.2) is 30.5 Å². The van der Waals surface area contributed by atoms with E-state index in [9.17, 15) is 5.11 Å². The number of anilines is 1. The number of aliphatic hydroxyl groups is 1. The molecule has 0 unspecified atom stereocenters. The molecule has 1 atom stereocenters. The van der Waals surface area contributed by atoms with Crippen molar-refractivity contribution in [2.24, 2.45) is 0 Å². The minimum Gasteiger partial charge on any atom is -0.387 e. The van der Waals surface area contributed by atoms with Gasteiger partial charge in [-0.25, -0.2) is 9.97 Å². The summed E-state index contributed by atoms with van der Waals surface area (Å²) in [5.74, 6) is 1.75. The number of benzene rings is 1. The van der Waals surface area contributed by atoms with Gasteiger partial charge in [0.2, 0.25) is 0 Å². The van der Waals surface area contributed by atoms with Crippen molar-refractivity contribution in [3.63, 3.8) is 0 Å². The number of hydrogen-bond acceptors (Lipinski definition) is 4. The lowest BCUT2D eigenvalue weighted by Crippen LogP contribution is -2.35. The van der Waals surface area contributed by atoms with Crippen LogP contribution in [0.1, 0.15) is 42.0 Å². The number of nitrogens with zero attached hydrogens (tertiary/aromatic N) is 3. The van der Waals surface area contributed by atoms with Crippen LogP contribution in [-0.4, -0.2) is 21.6 Å². The van der Waals surface area contributed by atoms with E-state index < -0.39 is 6.10 Å². The molecule has 0 radical (unpaired) electrons. The molecule has 0 aliphatic carbocycles. The van der Waals surface area contributed by atoms with E-state index in [0.29, 0.717) is 6.54 Å². The third-order valence-corrected chi connectivity index (χ3v) is 3.95. The van der Waals surface area contributed by atoms with Gasteiger partial charge in [-0.15, -0.1) is 0 Å². The summed E-state index contributed by atoms with van der Waals surface area (Å²) in [6.07, 6.45) is 3.49. The molecule has 0 spiro atoms. The average Bonchev–Trinajstić information content (AvgIpc) is 2.49. The van der Waals surface area contributed by atoms with Crippen molar-refractivity contribution < 1.29 is 5.11 Å². The third kappa shape index (κ3) is 2.76. The van der Waals surface area contributed by atoms with Gasteiger partial charge in [0.05, 0.1) is 6.10 Å². The Kier molecular flexibility index (Phi) is 3.88. The Bertz CT molecular complexity index is 642. The second-order valence-electron chi connectivity index (χ2n) is 5.61. The Hall–Kier alpha value is -1.94. The first-order valence-corrected chi connectivity index (χ1v) is 7.52. The molecule has 2 heterocycles. The van der Waals surface area contributed by atoms with E-state index >= 15 is 0 Å². The number of β-amino-alcohol motifs (C(OH)–C–C–N with tert-alkyl or cyclic N) is 1. The number of hydrogen-bond donors (Lipinski definition) is 1. The molecule has 1 aromatic heterocycles. The lowest BCUT2D eigenvalue weighted by atomic mass is 9.97. The Morgan fingerprint density at radius 2 is 2.14 bits per heavy atom. The van der Waals surface area contributed by atoms with Crippen LogP contribution in [0.5, 0.6) is 0 Å². The number of aliphatic hydroxyl groups excluding tert-OH is 1. The summed E-state index contributed by atoms with van der Waals surface area (Å²) in [5.41, 5.74) is 3.38. The molecule has 0 fully saturated rings. The smallest absolute Gasteiger partial charge is 0.135 e. The second-order valence-corrected chi connectivity index (χ2v) is 5.61. The fourth-order valence-corrected chi connectivity index (χ4v) is 2.94. The predicted molar refractivity (Wildman–Crippen MR) is 83.2 cm³/mol. The van der Waals surface area contributed by atoms with Gasteiger partial charge in [-0.1, -0.05) is 37.6 Å². The van der Waals surface area contributed by atoms with Crippen LogP contribution in [0.3, 0.4) is 0 Å². The van der Waals surface area contributed by atoms with E-state index in [2.05, 4.69) is 27.9 Å². The van der Waals surface area contributed by atoms with E-state index in [-0.39, 0.29) is 0 Å². The highest BCUT2D eigenvalue weighted by atomic mass is 16.3.